The molecule has 1 aliphatic carbocycles. The van der Waals surface area contributed by atoms with E-state index in [1.807, 2.05) is 0 Å². The number of aliphatic carboxylic acids is 1. The van der Waals surface area contributed by atoms with Crippen LogP contribution in [0.4, 0.5) is 0 Å². The van der Waals surface area contributed by atoms with E-state index in [-0.39, 0.29) is 30.8 Å². The number of carbonyl (C=O) groups excluding carboxylic acids is 2. The second kappa shape index (κ2) is 8.52. The van der Waals surface area contributed by atoms with Crippen LogP contribution in [0.15, 0.2) is 0 Å². The zero-order valence-electron chi connectivity index (χ0n) is 11.7. The average Bonchev–Trinajstić information content (AvgIpc) is 3.19. The molecule has 1 amide bonds. The van der Waals surface area contributed by atoms with Crippen molar-refractivity contribution in [3.8, 4) is 0 Å². The Balaban J connectivity index is 2.08. The predicted octanol–water partition coefficient (Wildman–Crippen LogP) is -0.101. The first-order valence-corrected chi connectivity index (χ1v) is 6.93. The van der Waals surface area contributed by atoms with Gasteiger partial charge in [-0.25, -0.2) is 0 Å². The molecule has 1 saturated carbocycles. The van der Waals surface area contributed by atoms with E-state index in [9.17, 15) is 14.4 Å². The van der Waals surface area contributed by atoms with Crippen molar-refractivity contribution in [1.29, 1.82) is 0 Å². The van der Waals surface area contributed by atoms with Crippen LogP contribution in [-0.4, -0.2) is 48.7 Å². The summed E-state index contributed by atoms with van der Waals surface area (Å²) in [4.78, 5) is 33.5. The van der Waals surface area contributed by atoms with Crippen LogP contribution in [0.3, 0.4) is 0 Å². The number of hydrogen-bond donors (Lipinski definition) is 3. The number of amides is 1. The van der Waals surface area contributed by atoms with Crippen molar-refractivity contribution < 1.29 is 24.2 Å². The highest BCUT2D eigenvalue weighted by Gasteiger charge is 2.36. The van der Waals surface area contributed by atoms with Crippen LogP contribution in [0.2, 0.25) is 0 Å². The molecule has 0 aromatic rings. The van der Waals surface area contributed by atoms with Gasteiger partial charge in [-0.2, -0.15) is 0 Å². The minimum Gasteiger partial charge on any atom is -0.480 e. The predicted molar refractivity (Wildman–Crippen MR) is 71.0 cm³/mol. The summed E-state index contributed by atoms with van der Waals surface area (Å²) in [6.07, 6.45) is 2.56. The van der Waals surface area contributed by atoms with Gasteiger partial charge >= 0.3 is 11.9 Å². The van der Waals surface area contributed by atoms with Crippen LogP contribution in [0.5, 0.6) is 0 Å². The number of carboxylic acid groups (broad SMARTS) is 1. The summed E-state index contributed by atoms with van der Waals surface area (Å²) in [6, 6.07) is -0.639. The Morgan fingerprint density at radius 2 is 2.05 bits per heavy atom. The number of hydrogen-bond acceptors (Lipinski definition) is 5. The summed E-state index contributed by atoms with van der Waals surface area (Å²) >= 11 is 0. The quantitative estimate of drug-likeness (QED) is 0.382. The first kappa shape index (κ1) is 16.4. The third-order valence-electron chi connectivity index (χ3n) is 3.03. The van der Waals surface area contributed by atoms with E-state index in [1.54, 1.807) is 6.92 Å². The van der Waals surface area contributed by atoms with Gasteiger partial charge in [0.05, 0.1) is 13.2 Å². The van der Waals surface area contributed by atoms with Crippen LogP contribution in [-0.2, 0) is 19.1 Å². The van der Waals surface area contributed by atoms with Gasteiger partial charge in [-0.05, 0) is 32.1 Å². The van der Waals surface area contributed by atoms with Gasteiger partial charge < -0.3 is 15.2 Å². The van der Waals surface area contributed by atoms with Crippen molar-refractivity contribution >= 4 is 17.8 Å². The molecule has 1 unspecified atom stereocenters. The molecule has 1 atom stereocenters. The van der Waals surface area contributed by atoms with E-state index in [1.165, 1.54) is 0 Å². The summed E-state index contributed by atoms with van der Waals surface area (Å²) in [5, 5.41) is 14.4. The van der Waals surface area contributed by atoms with Gasteiger partial charge in [0.1, 0.15) is 6.04 Å². The Morgan fingerprint density at radius 1 is 1.35 bits per heavy atom. The third kappa shape index (κ3) is 6.51. The molecule has 0 spiro atoms. The largest absolute Gasteiger partial charge is 0.480 e. The maximum absolute atomic E-state index is 11.5. The number of esters is 1. The molecule has 0 aliphatic heterocycles. The smallest absolute Gasteiger partial charge is 0.320 e. The zero-order chi connectivity index (χ0) is 15.0. The second-order valence-corrected chi connectivity index (χ2v) is 4.79. The number of carbonyl (C=O) groups is 3. The average molecular weight is 286 g/mol. The Bertz CT molecular complexity index is 355. The fourth-order valence-corrected chi connectivity index (χ4v) is 1.84. The van der Waals surface area contributed by atoms with Crippen molar-refractivity contribution in [1.82, 2.24) is 10.6 Å². The number of ether oxygens (including phenoxy) is 1. The lowest BCUT2D eigenvalue weighted by atomic mass is 10.2. The van der Waals surface area contributed by atoms with Crippen molar-refractivity contribution in [3.05, 3.63) is 0 Å². The minimum atomic E-state index is -0.914. The molecule has 0 aromatic heterocycles. The molecule has 7 nitrogen and oxygen atoms in total. The molecule has 114 valence electrons. The van der Waals surface area contributed by atoms with E-state index < -0.39 is 12.0 Å². The van der Waals surface area contributed by atoms with Gasteiger partial charge in [-0.15, -0.1) is 0 Å². The highest BCUT2D eigenvalue weighted by atomic mass is 16.5. The van der Waals surface area contributed by atoms with Gasteiger partial charge in [0, 0.05) is 13.0 Å². The summed E-state index contributed by atoms with van der Waals surface area (Å²) in [5.74, 6) is -1.31. The fraction of sp³-hybridized carbons (Fsp3) is 0.769. The molecule has 0 bridgehead atoms. The number of nitrogens with one attached hydrogen (secondary N) is 2. The molecule has 1 fully saturated rings. The highest BCUT2D eigenvalue weighted by Crippen LogP contribution is 2.32. The summed E-state index contributed by atoms with van der Waals surface area (Å²) in [5.41, 5.74) is 0. The molecule has 0 radical (unpaired) electrons. The van der Waals surface area contributed by atoms with E-state index in [2.05, 4.69) is 10.6 Å². The molecule has 3 N–H and O–H groups in total. The fourth-order valence-electron chi connectivity index (χ4n) is 1.84. The van der Waals surface area contributed by atoms with Gasteiger partial charge in [0.2, 0.25) is 5.91 Å². The van der Waals surface area contributed by atoms with Crippen LogP contribution < -0.4 is 10.6 Å². The highest BCUT2D eigenvalue weighted by molar-refractivity contribution is 5.80. The van der Waals surface area contributed by atoms with E-state index in [4.69, 9.17) is 9.84 Å². The van der Waals surface area contributed by atoms with Gasteiger partial charge in [-0.1, -0.05) is 0 Å². The molecule has 0 heterocycles. The Hall–Kier alpha value is -1.63. The summed E-state index contributed by atoms with van der Waals surface area (Å²) in [7, 11) is 0. The van der Waals surface area contributed by atoms with Crippen LogP contribution in [0.1, 0.15) is 32.6 Å². The topological polar surface area (TPSA) is 105 Å². The van der Waals surface area contributed by atoms with Crippen LogP contribution in [0.25, 0.3) is 0 Å². The summed E-state index contributed by atoms with van der Waals surface area (Å²) in [6.45, 7) is 2.45. The van der Waals surface area contributed by atoms with Crippen molar-refractivity contribution in [2.45, 2.75) is 38.6 Å². The third-order valence-corrected chi connectivity index (χ3v) is 3.03. The lowest BCUT2D eigenvalue weighted by Gasteiger charge is -2.13. The Morgan fingerprint density at radius 3 is 2.60 bits per heavy atom. The van der Waals surface area contributed by atoms with Gasteiger partial charge in [-0.3, -0.25) is 19.7 Å². The maximum Gasteiger partial charge on any atom is 0.320 e. The first-order valence-electron chi connectivity index (χ1n) is 6.93. The first-order chi connectivity index (χ1) is 9.54. The van der Waals surface area contributed by atoms with Crippen LogP contribution >= 0.6 is 0 Å². The van der Waals surface area contributed by atoms with Gasteiger partial charge in [0.25, 0.3) is 0 Å². The normalized spacial score (nSPS) is 15.4. The van der Waals surface area contributed by atoms with E-state index in [0.717, 1.165) is 12.8 Å². The Labute approximate surface area is 118 Å². The molecule has 1 aliphatic rings. The molecular weight excluding hydrogens is 264 g/mol. The Kier molecular flexibility index (Phi) is 7.00. The second-order valence-electron chi connectivity index (χ2n) is 4.79. The lowest BCUT2D eigenvalue weighted by molar-refractivity contribution is -0.143. The van der Waals surface area contributed by atoms with Crippen molar-refractivity contribution in [2.24, 2.45) is 5.92 Å². The SMILES string of the molecule is CCOC(=O)CCCNC(=O)CNC(C(=O)O)C1CC1. The molecule has 7 heteroatoms. The minimum absolute atomic E-state index is 0.0210. The van der Waals surface area contributed by atoms with Crippen molar-refractivity contribution in [3.63, 3.8) is 0 Å². The molecule has 0 saturated heterocycles. The zero-order valence-corrected chi connectivity index (χ0v) is 11.7. The number of carboxylic acids is 1. The molecule has 0 aromatic carbocycles. The standard InChI is InChI=1S/C13H22N2O5/c1-2-20-11(17)4-3-7-14-10(16)8-15-12(13(18)19)9-5-6-9/h9,12,15H,2-8H2,1H3,(H,14,16)(H,18,19). The summed E-state index contributed by atoms with van der Waals surface area (Å²) < 4.78 is 4.76. The molecule has 1 rings (SSSR count). The lowest BCUT2D eigenvalue weighted by Crippen LogP contribution is -2.44. The molecular formula is C13H22N2O5. The van der Waals surface area contributed by atoms with E-state index >= 15 is 0 Å². The van der Waals surface area contributed by atoms with Crippen molar-refractivity contribution in [2.75, 3.05) is 19.7 Å². The number of rotatable bonds is 10. The van der Waals surface area contributed by atoms with Crippen LogP contribution in [0, 0.1) is 5.92 Å². The van der Waals surface area contributed by atoms with Gasteiger partial charge in [0.15, 0.2) is 0 Å². The monoisotopic (exact) mass is 286 g/mol. The molecule has 20 heavy (non-hydrogen) atoms. The maximum atomic E-state index is 11.5. The van der Waals surface area contributed by atoms with E-state index in [0.29, 0.717) is 19.6 Å².